The molecule has 22 heavy (non-hydrogen) atoms. The average molecular weight is 335 g/mol. The topological polar surface area (TPSA) is 87.7 Å². The molecule has 1 amide bonds. The average Bonchev–Trinajstić information content (AvgIpc) is 2.51. The van der Waals surface area contributed by atoms with Crippen molar-refractivity contribution in [3.8, 4) is 0 Å². The van der Waals surface area contributed by atoms with E-state index in [1.54, 1.807) is 4.90 Å². The summed E-state index contributed by atoms with van der Waals surface area (Å²) in [7, 11) is -1.50. The van der Waals surface area contributed by atoms with E-state index in [1.165, 1.54) is 0 Å². The van der Waals surface area contributed by atoms with Gasteiger partial charge >= 0.3 is 0 Å². The monoisotopic (exact) mass is 335 g/mol. The largest absolute Gasteiger partial charge is 0.381 e. The molecule has 0 aromatic rings. The quantitative estimate of drug-likeness (QED) is 0.540. The molecule has 1 rings (SSSR count). The first kappa shape index (κ1) is 19.3. The number of nitrogens with one attached hydrogen (secondary N) is 2. The van der Waals surface area contributed by atoms with Gasteiger partial charge in [0.25, 0.3) is 0 Å². The van der Waals surface area contributed by atoms with Gasteiger partial charge in [-0.15, -0.1) is 0 Å². The van der Waals surface area contributed by atoms with Crippen LogP contribution in [0.5, 0.6) is 0 Å². The molecule has 0 aromatic carbocycles. The molecular formula is C14H29N3O4S. The molecule has 0 unspecified atom stereocenters. The van der Waals surface area contributed by atoms with Gasteiger partial charge in [-0.05, 0) is 45.7 Å². The minimum absolute atomic E-state index is 0.111. The third kappa shape index (κ3) is 7.53. The first-order valence-electron chi connectivity index (χ1n) is 7.96. The van der Waals surface area contributed by atoms with Crippen molar-refractivity contribution < 1.29 is 17.9 Å². The van der Waals surface area contributed by atoms with E-state index < -0.39 is 10.0 Å². The number of sulfonamides is 1. The number of piperidine rings is 1. The molecular weight excluding hydrogens is 306 g/mol. The minimum atomic E-state index is -3.44. The Morgan fingerprint density at radius 3 is 2.59 bits per heavy atom. The lowest BCUT2D eigenvalue weighted by atomic mass is 9.93. The Hall–Kier alpha value is -0.700. The minimum Gasteiger partial charge on any atom is -0.381 e. The van der Waals surface area contributed by atoms with Crippen LogP contribution in [0, 0.1) is 5.92 Å². The number of hydrogen-bond acceptors (Lipinski definition) is 5. The highest BCUT2D eigenvalue weighted by molar-refractivity contribution is 7.89. The van der Waals surface area contributed by atoms with Crippen LogP contribution < -0.4 is 10.0 Å². The number of amides is 1. The fraction of sp³-hybridized carbons (Fsp3) is 0.929. The highest BCUT2D eigenvalue weighted by atomic mass is 32.2. The van der Waals surface area contributed by atoms with E-state index >= 15 is 0 Å². The molecule has 0 bridgehead atoms. The molecule has 7 nitrogen and oxygen atoms in total. The van der Waals surface area contributed by atoms with Crippen LogP contribution in [0.15, 0.2) is 0 Å². The zero-order valence-corrected chi connectivity index (χ0v) is 14.5. The summed E-state index contributed by atoms with van der Waals surface area (Å²) < 4.78 is 30.8. The van der Waals surface area contributed by atoms with Gasteiger partial charge in [0.05, 0.1) is 18.9 Å². The van der Waals surface area contributed by atoms with Gasteiger partial charge in [0, 0.05) is 19.7 Å². The second-order valence-corrected chi connectivity index (χ2v) is 7.48. The van der Waals surface area contributed by atoms with Gasteiger partial charge in [0.1, 0.15) is 0 Å². The van der Waals surface area contributed by atoms with Gasteiger partial charge in [0.2, 0.25) is 15.9 Å². The molecule has 0 aromatic heterocycles. The Kier molecular flexibility index (Phi) is 8.92. The van der Waals surface area contributed by atoms with Gasteiger partial charge in [-0.25, -0.2) is 13.1 Å². The molecule has 0 aliphatic carbocycles. The predicted octanol–water partition coefficient (Wildman–Crippen LogP) is -0.210. The van der Waals surface area contributed by atoms with Crippen LogP contribution in [-0.4, -0.2) is 71.4 Å². The summed E-state index contributed by atoms with van der Waals surface area (Å²) >= 11 is 0. The van der Waals surface area contributed by atoms with Gasteiger partial charge < -0.3 is 15.0 Å². The number of carbonyl (C=O) groups is 1. The van der Waals surface area contributed by atoms with Crippen molar-refractivity contribution in [1.29, 1.82) is 0 Å². The molecule has 1 aliphatic rings. The van der Waals surface area contributed by atoms with Crippen molar-refractivity contribution in [3.63, 3.8) is 0 Å². The van der Waals surface area contributed by atoms with E-state index in [0.29, 0.717) is 25.6 Å². The van der Waals surface area contributed by atoms with Crippen LogP contribution in [0.25, 0.3) is 0 Å². The zero-order valence-electron chi connectivity index (χ0n) is 13.6. The van der Waals surface area contributed by atoms with Crippen molar-refractivity contribution in [2.45, 2.75) is 26.2 Å². The van der Waals surface area contributed by atoms with Gasteiger partial charge in [0.15, 0.2) is 0 Å². The third-order valence-corrected chi connectivity index (χ3v) is 5.20. The lowest BCUT2D eigenvalue weighted by molar-refractivity contribution is -0.131. The van der Waals surface area contributed by atoms with Crippen molar-refractivity contribution in [3.05, 3.63) is 0 Å². The Bertz CT molecular complexity index is 420. The summed E-state index contributed by atoms with van der Waals surface area (Å²) in [5, 5.41) is 3.14. The number of rotatable bonds is 10. The van der Waals surface area contributed by atoms with E-state index in [4.69, 9.17) is 4.74 Å². The molecule has 2 N–H and O–H groups in total. The normalized spacial score (nSPS) is 16.9. The molecule has 1 fully saturated rings. The van der Waals surface area contributed by atoms with Crippen LogP contribution in [0.2, 0.25) is 0 Å². The number of carbonyl (C=O) groups excluding carboxylic acids is 1. The van der Waals surface area contributed by atoms with Crippen molar-refractivity contribution in [1.82, 2.24) is 14.9 Å². The molecule has 1 heterocycles. The smallest absolute Gasteiger partial charge is 0.237 e. The Morgan fingerprint density at radius 1 is 1.32 bits per heavy atom. The SMILES string of the molecule is CCOCCS(=O)(=O)NCC(=O)N1CCC(CCNC)CC1. The van der Waals surface area contributed by atoms with E-state index in [2.05, 4.69) is 10.0 Å². The van der Waals surface area contributed by atoms with Crippen molar-refractivity contribution in [2.24, 2.45) is 5.92 Å². The van der Waals surface area contributed by atoms with Crippen LogP contribution in [0.3, 0.4) is 0 Å². The fourth-order valence-corrected chi connectivity index (χ4v) is 3.31. The Labute approximate surface area is 133 Å². The van der Waals surface area contributed by atoms with Crippen LogP contribution in [-0.2, 0) is 19.6 Å². The molecule has 0 radical (unpaired) electrons. The van der Waals surface area contributed by atoms with Gasteiger partial charge in [-0.3, -0.25) is 4.79 Å². The molecule has 0 saturated carbocycles. The summed E-state index contributed by atoms with van der Waals surface area (Å²) in [6, 6.07) is 0. The van der Waals surface area contributed by atoms with E-state index in [-0.39, 0.29) is 24.8 Å². The van der Waals surface area contributed by atoms with E-state index in [9.17, 15) is 13.2 Å². The molecule has 130 valence electrons. The molecule has 1 saturated heterocycles. The fourth-order valence-electron chi connectivity index (χ4n) is 2.49. The van der Waals surface area contributed by atoms with Gasteiger partial charge in [-0.1, -0.05) is 0 Å². The number of nitrogens with zero attached hydrogens (tertiary/aromatic N) is 1. The summed E-state index contributed by atoms with van der Waals surface area (Å²) in [4.78, 5) is 13.8. The number of likely N-dealkylation sites (tertiary alicyclic amines) is 1. The highest BCUT2D eigenvalue weighted by Gasteiger charge is 2.23. The Balaban J connectivity index is 2.26. The summed E-state index contributed by atoms with van der Waals surface area (Å²) in [6.45, 7) is 4.72. The second kappa shape index (κ2) is 10.1. The first-order valence-corrected chi connectivity index (χ1v) is 9.61. The molecule has 8 heteroatoms. The standard InChI is InChI=1S/C14H29N3O4S/c1-3-21-10-11-22(19,20)16-12-14(18)17-8-5-13(6-9-17)4-7-15-2/h13,15-16H,3-12H2,1-2H3. The maximum atomic E-state index is 12.1. The molecule has 0 spiro atoms. The molecule has 0 atom stereocenters. The third-order valence-electron chi connectivity index (χ3n) is 3.91. The van der Waals surface area contributed by atoms with Crippen LogP contribution in [0.1, 0.15) is 26.2 Å². The maximum absolute atomic E-state index is 12.1. The van der Waals surface area contributed by atoms with Crippen molar-refractivity contribution in [2.75, 3.05) is 52.2 Å². The maximum Gasteiger partial charge on any atom is 0.237 e. The second-order valence-electron chi connectivity index (χ2n) is 5.55. The Morgan fingerprint density at radius 2 is 2.00 bits per heavy atom. The first-order chi connectivity index (χ1) is 10.5. The zero-order chi connectivity index (χ0) is 16.4. The lowest BCUT2D eigenvalue weighted by Crippen LogP contribution is -2.44. The molecule has 1 aliphatic heterocycles. The van der Waals surface area contributed by atoms with Crippen LogP contribution in [0.4, 0.5) is 0 Å². The predicted molar refractivity (Wildman–Crippen MR) is 86.1 cm³/mol. The van der Waals surface area contributed by atoms with Crippen molar-refractivity contribution >= 4 is 15.9 Å². The summed E-state index contributed by atoms with van der Waals surface area (Å²) in [5.41, 5.74) is 0. The van der Waals surface area contributed by atoms with E-state index in [0.717, 1.165) is 25.8 Å². The summed E-state index contributed by atoms with van der Waals surface area (Å²) in [5.74, 6) is 0.395. The highest BCUT2D eigenvalue weighted by Crippen LogP contribution is 2.19. The lowest BCUT2D eigenvalue weighted by Gasteiger charge is -2.32. The van der Waals surface area contributed by atoms with Gasteiger partial charge in [-0.2, -0.15) is 0 Å². The number of ether oxygens (including phenoxy) is 1. The number of hydrogen-bond donors (Lipinski definition) is 2. The summed E-state index contributed by atoms with van der Waals surface area (Å²) in [6.07, 6.45) is 3.11. The van der Waals surface area contributed by atoms with Crippen LogP contribution >= 0.6 is 0 Å². The van der Waals surface area contributed by atoms with E-state index in [1.807, 2.05) is 14.0 Å².